The molecule has 0 spiro atoms. The van der Waals surface area contributed by atoms with Crippen LogP contribution in [-0.4, -0.2) is 0 Å². The summed E-state index contributed by atoms with van der Waals surface area (Å²) in [4.78, 5) is 4.60. The van der Waals surface area contributed by atoms with Crippen molar-refractivity contribution in [1.29, 1.82) is 0 Å². The molecule has 0 atom stereocenters. The molecule has 0 unspecified atom stereocenters. The highest BCUT2D eigenvalue weighted by Gasteiger charge is 2.17. The van der Waals surface area contributed by atoms with E-state index >= 15 is 0 Å². The summed E-state index contributed by atoms with van der Waals surface area (Å²) in [6, 6.07) is 55.5. The molecule has 0 radical (unpaired) electrons. The van der Waals surface area contributed by atoms with Crippen LogP contribution in [-0.2, 0) is 0 Å². The van der Waals surface area contributed by atoms with Gasteiger partial charge in [0.15, 0.2) is 0 Å². The molecule has 0 fully saturated rings. The molecule has 0 N–H and O–H groups in total. The first kappa shape index (κ1) is 21.7. The van der Waals surface area contributed by atoms with Crippen LogP contribution in [0, 0.1) is 0 Å². The van der Waals surface area contributed by atoms with Crippen LogP contribution in [0.2, 0.25) is 0 Å². The Balaban J connectivity index is 1.44. The van der Waals surface area contributed by atoms with Gasteiger partial charge in [-0.15, -0.1) is 0 Å². The van der Waals surface area contributed by atoms with Gasteiger partial charge in [-0.2, -0.15) is 0 Å². The van der Waals surface area contributed by atoms with Crippen LogP contribution in [0.1, 0.15) is 0 Å². The third-order valence-corrected chi connectivity index (χ3v) is 6.38. The van der Waals surface area contributed by atoms with Crippen molar-refractivity contribution in [2.24, 2.45) is 0 Å². The first-order valence-corrected chi connectivity index (χ1v) is 12.2. The predicted molar refractivity (Wildman–Crippen MR) is 152 cm³/mol. The van der Waals surface area contributed by atoms with E-state index in [2.05, 4.69) is 168 Å². The molecule has 0 aliphatic heterocycles. The molecule has 0 aromatic heterocycles. The molecule has 4 aromatic carbocycles. The van der Waals surface area contributed by atoms with Gasteiger partial charge in [-0.25, -0.2) is 0 Å². The normalized spacial score (nSPS) is 10.8. The van der Waals surface area contributed by atoms with Gasteiger partial charge < -0.3 is 9.80 Å². The van der Waals surface area contributed by atoms with E-state index in [9.17, 15) is 0 Å². The molecule has 6 rings (SSSR count). The Labute approximate surface area is 212 Å². The molecule has 36 heavy (non-hydrogen) atoms. The Morgan fingerprint density at radius 2 is 0.528 bits per heavy atom. The number of hydrogen-bond donors (Lipinski definition) is 0. The molecule has 0 saturated carbocycles. The summed E-state index contributed by atoms with van der Waals surface area (Å²) in [5, 5.41) is 0. The Morgan fingerprint density at radius 3 is 0.861 bits per heavy atom. The standard InChI is InChI=1S/C34H26N2/c1-5-13-29(14-6-1)35(30-15-7-2-8-16-30)33-23-21-27-25-34(26-28(27)22-24-33)36(31-17-9-3-10-18-31)32-19-11-4-12-20-32/h1-26H. The number of fused-ring (bicyclic) bond motifs is 1. The minimum Gasteiger partial charge on any atom is -0.311 e. The number of nitrogens with zero attached hydrogens (tertiary/aromatic N) is 2. The number of para-hydroxylation sites is 4. The highest BCUT2D eigenvalue weighted by atomic mass is 15.1. The summed E-state index contributed by atoms with van der Waals surface area (Å²) in [6.07, 6.45) is 0. The van der Waals surface area contributed by atoms with Crippen LogP contribution < -0.4 is 9.80 Å². The van der Waals surface area contributed by atoms with Gasteiger partial charge in [-0.05, 0) is 83.9 Å². The van der Waals surface area contributed by atoms with Gasteiger partial charge in [0.05, 0.1) is 0 Å². The number of anilines is 6. The van der Waals surface area contributed by atoms with Crippen molar-refractivity contribution in [3.8, 4) is 11.1 Å². The average Bonchev–Trinajstić information content (AvgIpc) is 3.25. The summed E-state index contributed by atoms with van der Waals surface area (Å²) in [5.41, 5.74) is 9.23. The smallest absolute Gasteiger partial charge is 0.0473 e. The monoisotopic (exact) mass is 462 g/mol. The molecule has 4 aromatic rings. The van der Waals surface area contributed by atoms with Crippen molar-refractivity contribution in [3.63, 3.8) is 0 Å². The van der Waals surface area contributed by atoms with E-state index in [0.717, 1.165) is 34.1 Å². The second-order valence-electron chi connectivity index (χ2n) is 8.73. The van der Waals surface area contributed by atoms with Gasteiger partial charge in [0, 0.05) is 34.1 Å². The fraction of sp³-hybridized carbons (Fsp3) is 0. The Morgan fingerprint density at radius 1 is 0.250 bits per heavy atom. The molecule has 0 heterocycles. The molecule has 172 valence electrons. The van der Waals surface area contributed by atoms with Crippen LogP contribution in [0.15, 0.2) is 158 Å². The maximum atomic E-state index is 2.31. The largest absolute Gasteiger partial charge is 0.311 e. The zero-order chi connectivity index (χ0) is 24.2. The lowest BCUT2D eigenvalue weighted by Crippen LogP contribution is -2.09. The number of benzene rings is 4. The quantitative estimate of drug-likeness (QED) is 0.243. The van der Waals surface area contributed by atoms with Crippen molar-refractivity contribution < 1.29 is 0 Å². The minimum absolute atomic E-state index is 1.12. The van der Waals surface area contributed by atoms with Crippen LogP contribution >= 0.6 is 0 Å². The highest BCUT2D eigenvalue weighted by Crippen LogP contribution is 2.41. The third-order valence-electron chi connectivity index (χ3n) is 6.38. The lowest BCUT2D eigenvalue weighted by atomic mass is 10.2. The third kappa shape index (κ3) is 4.33. The van der Waals surface area contributed by atoms with E-state index in [1.54, 1.807) is 0 Å². The van der Waals surface area contributed by atoms with E-state index in [-0.39, 0.29) is 0 Å². The zero-order valence-electron chi connectivity index (χ0n) is 19.9. The van der Waals surface area contributed by atoms with Gasteiger partial charge >= 0.3 is 0 Å². The Hall–Kier alpha value is -4.82. The van der Waals surface area contributed by atoms with E-state index in [1.807, 2.05) is 0 Å². The fourth-order valence-electron chi connectivity index (χ4n) is 4.70. The van der Waals surface area contributed by atoms with Crippen molar-refractivity contribution in [3.05, 3.63) is 158 Å². The minimum atomic E-state index is 1.12. The molecule has 2 heteroatoms. The van der Waals surface area contributed by atoms with Gasteiger partial charge in [0.1, 0.15) is 0 Å². The van der Waals surface area contributed by atoms with Crippen LogP contribution in [0.5, 0.6) is 0 Å². The Kier molecular flexibility index (Phi) is 5.91. The van der Waals surface area contributed by atoms with E-state index in [1.165, 1.54) is 11.1 Å². The molecule has 2 aliphatic rings. The van der Waals surface area contributed by atoms with Crippen molar-refractivity contribution in [2.45, 2.75) is 0 Å². The first-order valence-electron chi connectivity index (χ1n) is 12.2. The van der Waals surface area contributed by atoms with Crippen LogP contribution in [0.3, 0.4) is 0 Å². The second kappa shape index (κ2) is 9.81. The van der Waals surface area contributed by atoms with E-state index in [0.29, 0.717) is 0 Å². The molecule has 0 amide bonds. The lowest BCUT2D eigenvalue weighted by Gasteiger charge is -2.24. The molecule has 0 saturated heterocycles. The molecule has 0 bridgehead atoms. The van der Waals surface area contributed by atoms with Gasteiger partial charge in [0.2, 0.25) is 0 Å². The average molecular weight is 463 g/mol. The van der Waals surface area contributed by atoms with Gasteiger partial charge in [-0.1, -0.05) is 84.9 Å². The maximum absolute atomic E-state index is 2.31. The van der Waals surface area contributed by atoms with E-state index < -0.39 is 0 Å². The van der Waals surface area contributed by atoms with Crippen molar-refractivity contribution >= 4 is 34.1 Å². The first-order chi connectivity index (χ1) is 17.9. The van der Waals surface area contributed by atoms with Crippen molar-refractivity contribution in [2.75, 3.05) is 9.80 Å². The lowest BCUT2D eigenvalue weighted by molar-refractivity contribution is 1.29. The second-order valence-corrected chi connectivity index (χ2v) is 8.73. The Bertz CT molecular complexity index is 1320. The highest BCUT2D eigenvalue weighted by molar-refractivity contribution is 5.86. The van der Waals surface area contributed by atoms with Gasteiger partial charge in [-0.3, -0.25) is 0 Å². The SMILES string of the molecule is c1ccc(N(c2ccccc2)c2ccc3cc(N(c4ccccc4)c4ccccc4)cc-3cc2)cc1. The van der Waals surface area contributed by atoms with Crippen LogP contribution in [0.4, 0.5) is 34.1 Å². The summed E-state index contributed by atoms with van der Waals surface area (Å²) >= 11 is 0. The predicted octanol–water partition coefficient (Wildman–Crippen LogP) is 9.73. The number of rotatable bonds is 6. The molecule has 2 nitrogen and oxygen atoms in total. The fourth-order valence-corrected chi connectivity index (χ4v) is 4.70. The van der Waals surface area contributed by atoms with E-state index in [4.69, 9.17) is 0 Å². The molecular weight excluding hydrogens is 436 g/mol. The van der Waals surface area contributed by atoms with Crippen LogP contribution in [0.25, 0.3) is 11.1 Å². The maximum Gasteiger partial charge on any atom is 0.0473 e. The molecule has 2 aliphatic carbocycles. The topological polar surface area (TPSA) is 6.48 Å². The summed E-state index contributed by atoms with van der Waals surface area (Å²) in [7, 11) is 0. The summed E-state index contributed by atoms with van der Waals surface area (Å²) < 4.78 is 0. The van der Waals surface area contributed by atoms with Gasteiger partial charge in [0.25, 0.3) is 0 Å². The number of hydrogen-bond acceptors (Lipinski definition) is 2. The summed E-state index contributed by atoms with van der Waals surface area (Å²) in [6.45, 7) is 0. The molecular formula is C34H26N2. The van der Waals surface area contributed by atoms with Crippen molar-refractivity contribution in [1.82, 2.24) is 0 Å². The zero-order valence-corrected chi connectivity index (χ0v) is 19.9. The summed E-state index contributed by atoms with van der Waals surface area (Å²) in [5.74, 6) is 0.